The van der Waals surface area contributed by atoms with Crippen molar-refractivity contribution in [2.75, 3.05) is 11.9 Å². The van der Waals surface area contributed by atoms with Crippen LogP contribution in [0.1, 0.15) is 35.7 Å². The Morgan fingerprint density at radius 1 is 1.53 bits per heavy atom. The molecule has 0 amide bonds. The van der Waals surface area contributed by atoms with E-state index in [4.69, 9.17) is 5.11 Å². The third-order valence-electron chi connectivity index (χ3n) is 3.03. The predicted octanol–water partition coefficient (Wildman–Crippen LogP) is 2.55. The molecule has 0 saturated carbocycles. The summed E-state index contributed by atoms with van der Waals surface area (Å²) in [6.07, 6.45) is 0. The van der Waals surface area contributed by atoms with Crippen molar-refractivity contribution in [2.45, 2.75) is 19.8 Å². The zero-order valence-electron chi connectivity index (χ0n) is 8.95. The summed E-state index contributed by atoms with van der Waals surface area (Å²) >= 11 is 0. The van der Waals surface area contributed by atoms with E-state index < -0.39 is 5.97 Å². The van der Waals surface area contributed by atoms with Crippen LogP contribution in [-0.2, 0) is 0 Å². The number of aromatic carboxylic acids is 1. The molecular formula is C12H15NO2. The molecule has 0 aromatic heterocycles. The van der Waals surface area contributed by atoms with E-state index in [2.05, 4.69) is 19.2 Å². The molecule has 80 valence electrons. The number of fused-ring (bicyclic) bond motifs is 1. The fraction of sp³-hybridized carbons (Fsp3) is 0.417. The highest BCUT2D eigenvalue weighted by atomic mass is 16.4. The van der Waals surface area contributed by atoms with Gasteiger partial charge in [-0.2, -0.15) is 0 Å². The van der Waals surface area contributed by atoms with Gasteiger partial charge < -0.3 is 10.4 Å². The van der Waals surface area contributed by atoms with E-state index >= 15 is 0 Å². The van der Waals surface area contributed by atoms with E-state index in [-0.39, 0.29) is 0 Å². The van der Waals surface area contributed by atoms with Gasteiger partial charge in [0.2, 0.25) is 0 Å². The lowest BCUT2D eigenvalue weighted by Gasteiger charge is -2.13. The molecule has 3 nitrogen and oxygen atoms in total. The summed E-state index contributed by atoms with van der Waals surface area (Å²) in [5, 5.41) is 12.2. The molecule has 0 bridgehead atoms. The molecule has 1 heterocycles. The number of nitrogens with one attached hydrogen (secondary N) is 1. The first-order valence-corrected chi connectivity index (χ1v) is 5.21. The van der Waals surface area contributed by atoms with E-state index in [0.29, 0.717) is 17.4 Å². The molecule has 0 radical (unpaired) electrons. The van der Waals surface area contributed by atoms with Crippen LogP contribution in [0.15, 0.2) is 18.2 Å². The minimum atomic E-state index is -0.858. The molecule has 0 fully saturated rings. The van der Waals surface area contributed by atoms with E-state index in [1.165, 1.54) is 0 Å². The molecule has 1 aliphatic rings. The van der Waals surface area contributed by atoms with Gasteiger partial charge in [0.25, 0.3) is 0 Å². The van der Waals surface area contributed by atoms with Crippen molar-refractivity contribution in [1.29, 1.82) is 0 Å². The fourth-order valence-corrected chi connectivity index (χ4v) is 2.17. The van der Waals surface area contributed by atoms with Crippen LogP contribution in [0.25, 0.3) is 0 Å². The molecule has 1 aliphatic heterocycles. The Bertz CT molecular complexity index is 399. The molecule has 1 aromatic rings. The quantitative estimate of drug-likeness (QED) is 0.780. The molecule has 2 N–H and O–H groups in total. The average molecular weight is 205 g/mol. The number of carboxylic acid groups (broad SMARTS) is 1. The van der Waals surface area contributed by atoms with Crippen molar-refractivity contribution in [1.82, 2.24) is 0 Å². The van der Waals surface area contributed by atoms with Crippen LogP contribution in [0.5, 0.6) is 0 Å². The van der Waals surface area contributed by atoms with E-state index in [1.807, 2.05) is 12.1 Å². The zero-order valence-corrected chi connectivity index (χ0v) is 8.95. The van der Waals surface area contributed by atoms with Crippen molar-refractivity contribution in [3.8, 4) is 0 Å². The first kappa shape index (κ1) is 10.0. The number of hydrogen-bond donors (Lipinski definition) is 2. The molecule has 3 heteroatoms. The Kier molecular flexibility index (Phi) is 2.39. The second-order valence-electron chi connectivity index (χ2n) is 4.31. The van der Waals surface area contributed by atoms with Gasteiger partial charge in [-0.15, -0.1) is 0 Å². The first-order valence-electron chi connectivity index (χ1n) is 5.21. The Labute approximate surface area is 89.1 Å². The Balaban J connectivity index is 2.48. The average Bonchev–Trinajstić information content (AvgIpc) is 2.59. The number of benzene rings is 1. The van der Waals surface area contributed by atoms with Gasteiger partial charge in [0.15, 0.2) is 0 Å². The van der Waals surface area contributed by atoms with Gasteiger partial charge in [-0.25, -0.2) is 4.79 Å². The molecule has 0 aliphatic carbocycles. The van der Waals surface area contributed by atoms with E-state index in [9.17, 15) is 4.79 Å². The maximum absolute atomic E-state index is 11.0. The van der Waals surface area contributed by atoms with E-state index in [1.54, 1.807) is 6.07 Å². The number of anilines is 1. The highest BCUT2D eigenvalue weighted by Gasteiger charge is 2.27. The summed E-state index contributed by atoms with van der Waals surface area (Å²) in [5.41, 5.74) is 2.34. The summed E-state index contributed by atoms with van der Waals surface area (Å²) in [5.74, 6) is 0.103. The summed E-state index contributed by atoms with van der Waals surface area (Å²) in [6.45, 7) is 5.17. The molecule has 0 spiro atoms. The topological polar surface area (TPSA) is 49.3 Å². The fourth-order valence-electron chi connectivity index (χ4n) is 2.17. The lowest BCUT2D eigenvalue weighted by molar-refractivity contribution is 0.0698. The molecule has 1 aromatic carbocycles. The highest BCUT2D eigenvalue weighted by molar-refractivity contribution is 5.95. The monoisotopic (exact) mass is 205 g/mol. The van der Waals surface area contributed by atoms with Crippen molar-refractivity contribution >= 4 is 11.7 Å². The molecule has 15 heavy (non-hydrogen) atoms. The first-order chi connectivity index (χ1) is 7.11. The van der Waals surface area contributed by atoms with Crippen molar-refractivity contribution in [2.24, 2.45) is 5.92 Å². The highest BCUT2D eigenvalue weighted by Crippen LogP contribution is 2.38. The van der Waals surface area contributed by atoms with Crippen LogP contribution >= 0.6 is 0 Å². The minimum Gasteiger partial charge on any atom is -0.478 e. The Hall–Kier alpha value is -1.51. The number of carbonyl (C=O) groups is 1. The number of rotatable bonds is 2. The third kappa shape index (κ3) is 1.58. The lowest BCUT2D eigenvalue weighted by Crippen LogP contribution is -2.08. The van der Waals surface area contributed by atoms with Gasteiger partial charge in [0.1, 0.15) is 0 Å². The largest absolute Gasteiger partial charge is 0.478 e. The summed E-state index contributed by atoms with van der Waals surface area (Å²) in [4.78, 5) is 11.0. The lowest BCUT2D eigenvalue weighted by atomic mass is 9.89. The van der Waals surface area contributed by atoms with Crippen molar-refractivity contribution < 1.29 is 9.90 Å². The van der Waals surface area contributed by atoms with Gasteiger partial charge in [-0.1, -0.05) is 26.0 Å². The van der Waals surface area contributed by atoms with Crippen LogP contribution in [0.3, 0.4) is 0 Å². The molecule has 2 rings (SSSR count). The van der Waals surface area contributed by atoms with Gasteiger partial charge in [0.05, 0.1) is 11.3 Å². The number of carboxylic acids is 1. The maximum atomic E-state index is 11.0. The van der Waals surface area contributed by atoms with Crippen molar-refractivity contribution in [3.05, 3.63) is 29.3 Å². The number of hydrogen-bond acceptors (Lipinski definition) is 2. The predicted molar refractivity (Wildman–Crippen MR) is 59.5 cm³/mol. The SMILES string of the molecule is CC(C)[C@@H]1CNc2c(C(=O)O)cccc21. The smallest absolute Gasteiger partial charge is 0.337 e. The minimum absolute atomic E-state index is 0.385. The Morgan fingerprint density at radius 3 is 2.87 bits per heavy atom. The van der Waals surface area contributed by atoms with Gasteiger partial charge in [-0.3, -0.25) is 0 Å². The second-order valence-corrected chi connectivity index (χ2v) is 4.31. The van der Waals surface area contributed by atoms with Crippen LogP contribution < -0.4 is 5.32 Å². The Morgan fingerprint density at radius 2 is 2.27 bits per heavy atom. The van der Waals surface area contributed by atoms with Crippen LogP contribution in [0, 0.1) is 5.92 Å². The van der Waals surface area contributed by atoms with Gasteiger partial charge in [-0.05, 0) is 17.5 Å². The molecule has 1 atom stereocenters. The molecule has 0 saturated heterocycles. The summed E-state index contributed by atoms with van der Waals surface area (Å²) in [6, 6.07) is 5.49. The number of para-hydroxylation sites is 1. The van der Waals surface area contributed by atoms with Gasteiger partial charge >= 0.3 is 5.97 Å². The van der Waals surface area contributed by atoms with Crippen LogP contribution in [0.4, 0.5) is 5.69 Å². The molecule has 0 unspecified atom stereocenters. The van der Waals surface area contributed by atoms with Gasteiger partial charge in [0, 0.05) is 12.5 Å². The van der Waals surface area contributed by atoms with Crippen LogP contribution in [-0.4, -0.2) is 17.6 Å². The normalized spacial score (nSPS) is 18.7. The third-order valence-corrected chi connectivity index (χ3v) is 3.03. The second kappa shape index (κ2) is 3.57. The summed E-state index contributed by atoms with van der Waals surface area (Å²) < 4.78 is 0. The van der Waals surface area contributed by atoms with Crippen LogP contribution in [0.2, 0.25) is 0 Å². The van der Waals surface area contributed by atoms with E-state index in [0.717, 1.165) is 17.8 Å². The molecular weight excluding hydrogens is 190 g/mol. The van der Waals surface area contributed by atoms with Crippen molar-refractivity contribution in [3.63, 3.8) is 0 Å². The maximum Gasteiger partial charge on any atom is 0.337 e. The zero-order chi connectivity index (χ0) is 11.0. The standard InChI is InChI=1S/C12H15NO2/c1-7(2)10-6-13-11-8(10)4-3-5-9(11)12(14)15/h3-5,7,10,13H,6H2,1-2H3,(H,14,15)/t10-/m0/s1. The summed E-state index contributed by atoms with van der Waals surface area (Å²) in [7, 11) is 0.